The molecule has 2 aromatic carbocycles. The van der Waals surface area contributed by atoms with Crippen molar-refractivity contribution in [3.05, 3.63) is 42.0 Å². The number of halogens is 1. The number of aliphatic hydroxyl groups excluding tert-OH is 1. The molecule has 0 aliphatic heterocycles. The molecular formula is C17H24ClNO4. The molecule has 0 aliphatic rings. The first-order valence-corrected chi connectivity index (χ1v) is 7.13. The molecule has 0 aliphatic carbocycles. The van der Waals surface area contributed by atoms with Gasteiger partial charge in [-0.2, -0.15) is 0 Å². The van der Waals surface area contributed by atoms with Gasteiger partial charge in [-0.3, -0.25) is 4.79 Å². The van der Waals surface area contributed by atoms with E-state index in [0.717, 1.165) is 22.1 Å². The molecular weight excluding hydrogens is 318 g/mol. The topological polar surface area (TPSA) is 92.8 Å². The van der Waals surface area contributed by atoms with Crippen LogP contribution in [0.4, 0.5) is 0 Å². The van der Waals surface area contributed by atoms with Gasteiger partial charge >= 0.3 is 5.97 Å². The second-order valence-corrected chi connectivity index (χ2v) is 5.01. The average Bonchev–Trinajstić information content (AvgIpc) is 2.53. The molecule has 6 heteroatoms. The third-order valence-corrected chi connectivity index (χ3v) is 3.36. The number of hydrogen-bond donors (Lipinski definition) is 3. The van der Waals surface area contributed by atoms with Gasteiger partial charge in [-0.05, 0) is 41.8 Å². The van der Waals surface area contributed by atoms with Gasteiger partial charge in [-0.25, -0.2) is 0 Å². The van der Waals surface area contributed by atoms with Crippen molar-refractivity contribution >= 4 is 29.1 Å². The van der Waals surface area contributed by atoms with E-state index in [-0.39, 0.29) is 12.4 Å². The van der Waals surface area contributed by atoms with Crippen LogP contribution in [0.15, 0.2) is 36.4 Å². The van der Waals surface area contributed by atoms with Gasteiger partial charge in [-0.15, -0.1) is 12.4 Å². The molecule has 0 fully saturated rings. The Morgan fingerprint density at radius 1 is 1.22 bits per heavy atom. The Morgan fingerprint density at radius 3 is 2.22 bits per heavy atom. The molecule has 5 nitrogen and oxygen atoms in total. The van der Waals surface area contributed by atoms with Crippen molar-refractivity contribution in [2.75, 3.05) is 7.11 Å². The van der Waals surface area contributed by atoms with Gasteiger partial charge < -0.3 is 20.7 Å². The van der Waals surface area contributed by atoms with Crippen molar-refractivity contribution in [1.29, 1.82) is 0 Å². The molecule has 0 saturated carbocycles. The lowest BCUT2D eigenvalue weighted by Crippen LogP contribution is -2.16. The Kier molecular flexibility index (Phi) is 9.25. The summed E-state index contributed by atoms with van der Waals surface area (Å²) in [5.74, 6) is -0.490. The Balaban J connectivity index is 0.000000709. The normalized spacial score (nSPS) is 12.4. The molecule has 0 heterocycles. The van der Waals surface area contributed by atoms with Crippen LogP contribution in [0.25, 0.3) is 10.8 Å². The van der Waals surface area contributed by atoms with E-state index in [9.17, 15) is 4.79 Å². The zero-order chi connectivity index (χ0) is 16.7. The Bertz CT molecular complexity index is 631. The van der Waals surface area contributed by atoms with E-state index in [2.05, 4.69) is 0 Å². The van der Waals surface area contributed by atoms with Crippen molar-refractivity contribution in [3.8, 4) is 5.75 Å². The maximum Gasteiger partial charge on any atom is 0.310 e. The molecule has 0 spiro atoms. The molecule has 0 amide bonds. The Hall–Kier alpha value is -1.82. The number of benzene rings is 2. The van der Waals surface area contributed by atoms with Crippen LogP contribution in [-0.2, 0) is 4.79 Å². The fourth-order valence-electron chi connectivity index (χ4n) is 1.78. The summed E-state index contributed by atoms with van der Waals surface area (Å²) in [5, 5.41) is 19.2. The van der Waals surface area contributed by atoms with Gasteiger partial charge in [0.05, 0.1) is 13.0 Å². The molecule has 0 radical (unpaired) electrons. The first-order valence-electron chi connectivity index (χ1n) is 7.13. The zero-order valence-corrected chi connectivity index (χ0v) is 14.3. The first kappa shape index (κ1) is 21.2. The monoisotopic (exact) mass is 341 g/mol. The Morgan fingerprint density at radius 2 is 1.74 bits per heavy atom. The molecule has 2 rings (SSSR count). The average molecular weight is 342 g/mol. The number of hydrogen-bond acceptors (Lipinski definition) is 4. The zero-order valence-electron chi connectivity index (χ0n) is 13.5. The molecule has 2 aromatic rings. The van der Waals surface area contributed by atoms with Crippen molar-refractivity contribution in [2.24, 2.45) is 5.73 Å². The minimum absolute atomic E-state index is 0. The van der Waals surface area contributed by atoms with Gasteiger partial charge in [0.15, 0.2) is 0 Å². The van der Waals surface area contributed by atoms with Crippen LogP contribution in [0.5, 0.6) is 5.75 Å². The highest BCUT2D eigenvalue weighted by molar-refractivity contribution is 5.86. The third-order valence-electron chi connectivity index (χ3n) is 3.36. The molecule has 128 valence electrons. The van der Waals surface area contributed by atoms with Crippen LogP contribution in [-0.4, -0.2) is 29.5 Å². The SMILES string of the molecule is CCC(N)O.COc1ccc2cc([C@H](C)C(=O)O)ccc2c1.Cl. The standard InChI is InChI=1S/C14H14O3.C3H9NO.ClH/c1-9(14(15)16)10-3-4-12-8-13(17-2)6-5-11(12)7-10;1-2-3(4)5;/h3-9H,1-2H3,(H,15,16);3,5H,2,4H2,1H3;1H/t9-;;/m0../s1. The summed E-state index contributed by atoms with van der Waals surface area (Å²) in [5.41, 5.74) is 5.66. The van der Waals surface area contributed by atoms with Crippen LogP contribution in [0, 0.1) is 0 Å². The summed E-state index contributed by atoms with van der Waals surface area (Å²) in [6.45, 7) is 3.51. The molecule has 1 unspecified atom stereocenters. The summed E-state index contributed by atoms with van der Waals surface area (Å²) in [4.78, 5) is 10.9. The number of nitrogens with two attached hydrogens (primary N) is 1. The molecule has 0 saturated heterocycles. The van der Waals surface area contributed by atoms with Gasteiger partial charge in [0.1, 0.15) is 12.0 Å². The summed E-state index contributed by atoms with van der Waals surface area (Å²) in [6, 6.07) is 11.4. The maximum atomic E-state index is 10.9. The van der Waals surface area contributed by atoms with Crippen LogP contribution < -0.4 is 10.5 Å². The van der Waals surface area contributed by atoms with Gasteiger partial charge in [0, 0.05) is 0 Å². The number of ether oxygens (including phenoxy) is 1. The van der Waals surface area contributed by atoms with Crippen LogP contribution in [0.3, 0.4) is 0 Å². The predicted octanol–water partition coefficient (Wildman–Crippen LogP) is 3.13. The number of carboxylic acids is 1. The number of methoxy groups -OCH3 is 1. The van der Waals surface area contributed by atoms with E-state index >= 15 is 0 Å². The van der Waals surface area contributed by atoms with E-state index in [0.29, 0.717) is 6.42 Å². The van der Waals surface area contributed by atoms with Gasteiger partial charge in [0.25, 0.3) is 0 Å². The Labute approximate surface area is 142 Å². The highest BCUT2D eigenvalue weighted by atomic mass is 35.5. The number of fused-ring (bicyclic) bond motifs is 1. The van der Waals surface area contributed by atoms with Crippen LogP contribution in [0.2, 0.25) is 0 Å². The summed E-state index contributed by atoms with van der Waals surface area (Å²) in [7, 11) is 1.63. The van der Waals surface area contributed by atoms with E-state index in [1.165, 1.54) is 0 Å². The largest absolute Gasteiger partial charge is 0.497 e. The third kappa shape index (κ3) is 6.44. The minimum Gasteiger partial charge on any atom is -0.497 e. The summed E-state index contributed by atoms with van der Waals surface area (Å²) < 4.78 is 5.14. The minimum atomic E-state index is -0.808. The maximum absolute atomic E-state index is 10.9. The molecule has 4 N–H and O–H groups in total. The summed E-state index contributed by atoms with van der Waals surface area (Å²) >= 11 is 0. The van der Waals surface area contributed by atoms with E-state index < -0.39 is 18.1 Å². The number of rotatable bonds is 4. The summed E-state index contributed by atoms with van der Waals surface area (Å²) in [6.07, 6.45) is 0.0231. The van der Waals surface area contributed by atoms with E-state index in [4.69, 9.17) is 20.7 Å². The molecule has 23 heavy (non-hydrogen) atoms. The second kappa shape index (κ2) is 10.0. The number of aliphatic carboxylic acids is 1. The van der Waals surface area contributed by atoms with Crippen molar-refractivity contribution in [2.45, 2.75) is 32.4 Å². The number of carbonyl (C=O) groups is 1. The first-order chi connectivity index (χ1) is 10.4. The number of aliphatic hydroxyl groups is 1. The lowest BCUT2D eigenvalue weighted by Gasteiger charge is -2.08. The van der Waals surface area contributed by atoms with Crippen molar-refractivity contribution in [1.82, 2.24) is 0 Å². The van der Waals surface area contributed by atoms with E-state index in [1.54, 1.807) is 14.0 Å². The van der Waals surface area contributed by atoms with Crippen LogP contribution in [0.1, 0.15) is 31.7 Å². The molecule has 0 bridgehead atoms. The van der Waals surface area contributed by atoms with Crippen LogP contribution >= 0.6 is 12.4 Å². The lowest BCUT2D eigenvalue weighted by atomic mass is 9.98. The quantitative estimate of drug-likeness (QED) is 0.743. The smallest absolute Gasteiger partial charge is 0.310 e. The van der Waals surface area contributed by atoms with Crippen molar-refractivity contribution < 1.29 is 19.7 Å². The van der Waals surface area contributed by atoms with Crippen molar-refractivity contribution in [3.63, 3.8) is 0 Å². The second-order valence-electron chi connectivity index (χ2n) is 5.01. The fourth-order valence-corrected chi connectivity index (χ4v) is 1.78. The fraction of sp³-hybridized carbons (Fsp3) is 0.353. The van der Waals surface area contributed by atoms with E-state index in [1.807, 2.05) is 43.3 Å². The molecule has 0 aromatic heterocycles. The lowest BCUT2D eigenvalue weighted by molar-refractivity contribution is -0.138. The van der Waals surface area contributed by atoms with Gasteiger partial charge in [-0.1, -0.05) is 31.2 Å². The highest BCUT2D eigenvalue weighted by Crippen LogP contribution is 2.25. The number of carboxylic acid groups (broad SMARTS) is 1. The predicted molar refractivity (Wildman–Crippen MR) is 94.3 cm³/mol. The van der Waals surface area contributed by atoms with Gasteiger partial charge in [0.2, 0.25) is 0 Å². The highest BCUT2D eigenvalue weighted by Gasteiger charge is 2.13. The molecule has 2 atom stereocenters.